The van der Waals surface area contributed by atoms with E-state index in [0.717, 1.165) is 34.7 Å². The Kier molecular flexibility index (Phi) is 7.14. The van der Waals surface area contributed by atoms with E-state index in [1.54, 1.807) is 0 Å². The van der Waals surface area contributed by atoms with Gasteiger partial charge >= 0.3 is 0 Å². The molecule has 0 aliphatic carbocycles. The molecule has 0 fully saturated rings. The molecule has 134 valence electrons. The van der Waals surface area contributed by atoms with Crippen molar-refractivity contribution in [1.82, 2.24) is 0 Å². The van der Waals surface area contributed by atoms with Gasteiger partial charge in [0.1, 0.15) is 11.5 Å². The molecule has 0 spiro atoms. The third-order valence-electron chi connectivity index (χ3n) is 3.66. The maximum Gasteiger partial charge on any atom is 0.262 e. The molecule has 1 amide bonds. The Hall–Kier alpha value is -2.20. The Morgan fingerprint density at radius 3 is 2.48 bits per heavy atom. The van der Waals surface area contributed by atoms with Gasteiger partial charge in [0.2, 0.25) is 0 Å². The highest BCUT2D eigenvalue weighted by Gasteiger charge is 2.07. The van der Waals surface area contributed by atoms with Crippen molar-refractivity contribution >= 4 is 23.2 Å². The normalized spacial score (nSPS) is 10.4. The second-order valence-electron chi connectivity index (χ2n) is 5.94. The van der Waals surface area contributed by atoms with Crippen LogP contribution in [0.1, 0.15) is 30.9 Å². The van der Waals surface area contributed by atoms with Crippen molar-refractivity contribution in [3.63, 3.8) is 0 Å². The molecule has 0 aliphatic rings. The number of unbranched alkanes of at least 4 members (excludes halogenated alkanes) is 1. The van der Waals surface area contributed by atoms with Crippen LogP contribution in [-0.4, -0.2) is 19.1 Å². The zero-order valence-electron chi connectivity index (χ0n) is 14.9. The van der Waals surface area contributed by atoms with Crippen molar-refractivity contribution in [2.75, 3.05) is 18.5 Å². The molecule has 0 aliphatic heterocycles. The van der Waals surface area contributed by atoms with E-state index in [4.69, 9.17) is 21.1 Å². The predicted molar refractivity (Wildman–Crippen MR) is 102 cm³/mol. The van der Waals surface area contributed by atoms with Gasteiger partial charge in [0.25, 0.3) is 5.91 Å². The lowest BCUT2D eigenvalue weighted by Crippen LogP contribution is -2.20. The van der Waals surface area contributed by atoms with Crippen LogP contribution in [0.4, 0.5) is 5.69 Å². The van der Waals surface area contributed by atoms with Crippen molar-refractivity contribution < 1.29 is 14.3 Å². The Balaban J connectivity index is 1.89. The Morgan fingerprint density at radius 2 is 1.80 bits per heavy atom. The summed E-state index contributed by atoms with van der Waals surface area (Å²) in [5.41, 5.74) is 2.54. The SMILES string of the molecule is CCCCOc1cccc(NC(=O)COc2cc(C)c(Cl)c(C)c2)c1. The maximum atomic E-state index is 12.1. The molecule has 1 N–H and O–H groups in total. The van der Waals surface area contributed by atoms with Crippen molar-refractivity contribution in [2.45, 2.75) is 33.6 Å². The second-order valence-corrected chi connectivity index (χ2v) is 6.32. The molecule has 0 saturated carbocycles. The van der Waals surface area contributed by atoms with Crippen LogP contribution in [0, 0.1) is 13.8 Å². The van der Waals surface area contributed by atoms with Crippen molar-refractivity contribution in [1.29, 1.82) is 0 Å². The number of hydrogen-bond acceptors (Lipinski definition) is 3. The molecule has 0 saturated heterocycles. The van der Waals surface area contributed by atoms with Crippen LogP contribution in [-0.2, 0) is 4.79 Å². The number of ether oxygens (including phenoxy) is 2. The predicted octanol–water partition coefficient (Wildman–Crippen LogP) is 5.15. The number of benzene rings is 2. The number of carbonyl (C=O) groups excluding carboxylic acids is 1. The highest BCUT2D eigenvalue weighted by atomic mass is 35.5. The average Bonchev–Trinajstić information content (AvgIpc) is 2.58. The van der Waals surface area contributed by atoms with Gasteiger partial charge in [-0.05, 0) is 55.7 Å². The third kappa shape index (κ3) is 5.98. The minimum atomic E-state index is -0.226. The molecule has 2 rings (SSSR count). The monoisotopic (exact) mass is 361 g/mol. The molecule has 0 radical (unpaired) electrons. The number of hydrogen-bond donors (Lipinski definition) is 1. The fraction of sp³-hybridized carbons (Fsp3) is 0.350. The van der Waals surface area contributed by atoms with Crippen LogP contribution in [0.25, 0.3) is 0 Å². The van der Waals surface area contributed by atoms with Crippen LogP contribution in [0.2, 0.25) is 5.02 Å². The van der Waals surface area contributed by atoms with Crippen LogP contribution >= 0.6 is 11.6 Å². The zero-order valence-corrected chi connectivity index (χ0v) is 15.7. The summed E-state index contributed by atoms with van der Waals surface area (Å²) >= 11 is 6.13. The number of anilines is 1. The van der Waals surface area contributed by atoms with Gasteiger partial charge in [-0.15, -0.1) is 0 Å². The van der Waals surface area contributed by atoms with Gasteiger partial charge in [0, 0.05) is 16.8 Å². The van der Waals surface area contributed by atoms with Gasteiger partial charge in [-0.3, -0.25) is 4.79 Å². The molecular formula is C20H24ClNO3. The van der Waals surface area contributed by atoms with Gasteiger partial charge in [-0.1, -0.05) is 31.0 Å². The van der Waals surface area contributed by atoms with E-state index >= 15 is 0 Å². The molecule has 4 nitrogen and oxygen atoms in total. The van der Waals surface area contributed by atoms with E-state index in [1.165, 1.54) is 0 Å². The van der Waals surface area contributed by atoms with Gasteiger partial charge in [0.05, 0.1) is 6.61 Å². The third-order valence-corrected chi connectivity index (χ3v) is 4.26. The molecule has 0 heterocycles. The zero-order chi connectivity index (χ0) is 18.2. The Bertz CT molecular complexity index is 708. The summed E-state index contributed by atoms with van der Waals surface area (Å²) in [6.45, 7) is 6.54. The molecule has 2 aromatic rings. The van der Waals surface area contributed by atoms with Crippen molar-refractivity contribution in [3.05, 3.63) is 52.5 Å². The summed E-state index contributed by atoms with van der Waals surface area (Å²) in [5, 5.41) is 3.53. The van der Waals surface area contributed by atoms with Crippen molar-refractivity contribution in [2.24, 2.45) is 0 Å². The topological polar surface area (TPSA) is 47.6 Å². The van der Waals surface area contributed by atoms with Crippen LogP contribution in [0.15, 0.2) is 36.4 Å². The van der Waals surface area contributed by atoms with E-state index in [1.807, 2.05) is 50.2 Å². The van der Waals surface area contributed by atoms with E-state index in [0.29, 0.717) is 18.0 Å². The van der Waals surface area contributed by atoms with E-state index in [-0.39, 0.29) is 12.5 Å². The highest BCUT2D eigenvalue weighted by Crippen LogP contribution is 2.26. The highest BCUT2D eigenvalue weighted by molar-refractivity contribution is 6.32. The average molecular weight is 362 g/mol. The van der Waals surface area contributed by atoms with Crippen LogP contribution in [0.3, 0.4) is 0 Å². The lowest BCUT2D eigenvalue weighted by molar-refractivity contribution is -0.118. The maximum absolute atomic E-state index is 12.1. The van der Waals surface area contributed by atoms with Crippen molar-refractivity contribution in [3.8, 4) is 11.5 Å². The fourth-order valence-electron chi connectivity index (χ4n) is 2.33. The molecule has 0 unspecified atom stereocenters. The number of nitrogens with one attached hydrogen (secondary N) is 1. The number of amides is 1. The second kappa shape index (κ2) is 9.33. The van der Waals surface area contributed by atoms with Gasteiger partial charge in [0.15, 0.2) is 6.61 Å². The van der Waals surface area contributed by atoms with Gasteiger partial charge < -0.3 is 14.8 Å². The molecule has 0 aromatic heterocycles. The molecule has 5 heteroatoms. The first-order valence-electron chi connectivity index (χ1n) is 8.42. The quantitative estimate of drug-likeness (QED) is 0.661. The Morgan fingerprint density at radius 1 is 1.08 bits per heavy atom. The van der Waals surface area contributed by atoms with Gasteiger partial charge in [-0.25, -0.2) is 0 Å². The summed E-state index contributed by atoms with van der Waals surface area (Å²) in [4.78, 5) is 12.1. The molecule has 25 heavy (non-hydrogen) atoms. The molecule has 0 bridgehead atoms. The van der Waals surface area contributed by atoms with Crippen LogP contribution < -0.4 is 14.8 Å². The van der Waals surface area contributed by atoms with E-state index < -0.39 is 0 Å². The fourth-order valence-corrected chi connectivity index (χ4v) is 2.44. The summed E-state index contributed by atoms with van der Waals surface area (Å²) < 4.78 is 11.2. The summed E-state index contributed by atoms with van der Waals surface area (Å²) in [6.07, 6.45) is 2.09. The van der Waals surface area contributed by atoms with E-state index in [2.05, 4.69) is 12.2 Å². The number of aryl methyl sites for hydroxylation is 2. The molecule has 0 atom stereocenters. The molecular weight excluding hydrogens is 338 g/mol. The lowest BCUT2D eigenvalue weighted by atomic mass is 10.1. The first-order chi connectivity index (χ1) is 12.0. The largest absolute Gasteiger partial charge is 0.494 e. The smallest absolute Gasteiger partial charge is 0.262 e. The standard InChI is InChI=1S/C20H24ClNO3/c1-4-5-9-24-17-8-6-7-16(12-17)22-19(23)13-25-18-10-14(2)20(21)15(3)11-18/h6-8,10-12H,4-5,9,13H2,1-3H3,(H,22,23). The first kappa shape index (κ1) is 19.1. The minimum Gasteiger partial charge on any atom is -0.494 e. The summed E-state index contributed by atoms with van der Waals surface area (Å²) in [5.74, 6) is 1.15. The molecule has 2 aromatic carbocycles. The summed E-state index contributed by atoms with van der Waals surface area (Å²) in [6, 6.07) is 11.0. The number of carbonyl (C=O) groups is 1. The van der Waals surface area contributed by atoms with Crippen LogP contribution in [0.5, 0.6) is 11.5 Å². The lowest BCUT2D eigenvalue weighted by Gasteiger charge is -2.11. The van der Waals surface area contributed by atoms with Gasteiger partial charge in [-0.2, -0.15) is 0 Å². The number of halogens is 1. The minimum absolute atomic E-state index is 0.0680. The first-order valence-corrected chi connectivity index (χ1v) is 8.79. The Labute approximate surface area is 154 Å². The van der Waals surface area contributed by atoms with E-state index in [9.17, 15) is 4.79 Å². The number of rotatable bonds is 8. The summed E-state index contributed by atoms with van der Waals surface area (Å²) in [7, 11) is 0.